The summed E-state index contributed by atoms with van der Waals surface area (Å²) in [6.07, 6.45) is 5.56. The topological polar surface area (TPSA) is 87.0 Å². The van der Waals surface area contributed by atoms with Crippen LogP contribution in [0.2, 0.25) is 0 Å². The number of nitrogens with zero attached hydrogens (tertiary/aromatic N) is 3. The van der Waals surface area contributed by atoms with Gasteiger partial charge in [-0.3, -0.25) is 10.1 Å². The number of hydrogen-bond acceptors (Lipinski definition) is 5. The van der Waals surface area contributed by atoms with Crippen molar-refractivity contribution >= 4 is 23.1 Å². The monoisotopic (exact) mass is 340 g/mol. The summed E-state index contributed by atoms with van der Waals surface area (Å²) in [6, 6.07) is 14.6. The number of nitrogens with two attached hydrogens (primary N) is 1. The number of benzene rings is 2. The van der Waals surface area contributed by atoms with Gasteiger partial charge in [-0.05, 0) is 23.4 Å². The maximum absolute atomic E-state index is 11.2. The normalized spacial score (nSPS) is 12.0. The average Bonchev–Trinajstić information content (AvgIpc) is 3.05. The van der Waals surface area contributed by atoms with Crippen molar-refractivity contribution in [3.63, 3.8) is 0 Å². The van der Waals surface area contributed by atoms with E-state index in [0.29, 0.717) is 0 Å². The van der Waals surface area contributed by atoms with Gasteiger partial charge in [0.2, 0.25) is 0 Å². The molecule has 1 atom stereocenters. The Bertz CT molecular complexity index is 864. The minimum Gasteiger partial charge on any atom is -0.393 e. The van der Waals surface area contributed by atoms with E-state index in [1.165, 1.54) is 17.8 Å². The molecule has 6 nitrogen and oxygen atoms in total. The summed E-state index contributed by atoms with van der Waals surface area (Å²) in [5, 5.41) is 12.1. The summed E-state index contributed by atoms with van der Waals surface area (Å²) < 4.78 is 2.01. The third kappa shape index (κ3) is 2.98. The number of nitro groups is 1. The third-order valence-corrected chi connectivity index (χ3v) is 4.46. The molecule has 3 rings (SSSR count). The summed E-state index contributed by atoms with van der Waals surface area (Å²) in [7, 11) is 0. The number of nitrogen functional groups attached to an aromatic ring is 1. The number of rotatable bonds is 5. The number of anilines is 1. The van der Waals surface area contributed by atoms with E-state index in [1.807, 2.05) is 53.4 Å². The Hall–Kier alpha value is -2.80. The van der Waals surface area contributed by atoms with Crippen molar-refractivity contribution in [2.24, 2.45) is 0 Å². The van der Waals surface area contributed by atoms with Crippen molar-refractivity contribution in [3.05, 3.63) is 82.2 Å². The minimum absolute atomic E-state index is 0.0840. The lowest BCUT2D eigenvalue weighted by atomic mass is 9.97. The van der Waals surface area contributed by atoms with Crippen LogP contribution in [-0.4, -0.2) is 20.7 Å². The first kappa shape index (κ1) is 16.1. The highest BCUT2D eigenvalue weighted by molar-refractivity contribution is 7.98. The van der Waals surface area contributed by atoms with Crippen molar-refractivity contribution in [1.29, 1.82) is 0 Å². The minimum atomic E-state index is -0.454. The number of hydrogen-bond donors (Lipinski definition) is 1. The molecule has 1 aromatic heterocycles. The molecule has 0 amide bonds. The molecule has 3 aromatic rings. The second kappa shape index (κ2) is 6.76. The van der Waals surface area contributed by atoms with Gasteiger partial charge in [-0.2, -0.15) is 0 Å². The zero-order valence-electron chi connectivity index (χ0n) is 13.0. The van der Waals surface area contributed by atoms with Crippen molar-refractivity contribution in [3.8, 4) is 0 Å². The van der Waals surface area contributed by atoms with Gasteiger partial charge in [-0.25, -0.2) is 4.98 Å². The van der Waals surface area contributed by atoms with Crippen LogP contribution in [0.3, 0.4) is 0 Å². The molecule has 1 heterocycles. The third-order valence-electron chi connectivity index (χ3n) is 3.78. The van der Waals surface area contributed by atoms with Crippen molar-refractivity contribution in [1.82, 2.24) is 9.55 Å². The van der Waals surface area contributed by atoms with Crippen LogP contribution in [0.25, 0.3) is 0 Å². The number of thioether (sulfide) groups is 1. The zero-order valence-corrected chi connectivity index (χ0v) is 13.8. The van der Waals surface area contributed by atoms with Crippen molar-refractivity contribution < 1.29 is 4.92 Å². The van der Waals surface area contributed by atoms with Gasteiger partial charge < -0.3 is 10.3 Å². The lowest BCUT2D eigenvalue weighted by molar-refractivity contribution is -0.384. The van der Waals surface area contributed by atoms with Gasteiger partial charge in [-0.15, -0.1) is 0 Å². The molecule has 0 spiro atoms. The molecule has 0 bridgehead atoms. The molecule has 2 N–H and O–H groups in total. The van der Waals surface area contributed by atoms with Crippen LogP contribution in [0.5, 0.6) is 0 Å². The zero-order chi connectivity index (χ0) is 17.1. The lowest BCUT2D eigenvalue weighted by Crippen LogP contribution is -2.13. The highest BCUT2D eigenvalue weighted by Crippen LogP contribution is 2.33. The molecule has 0 radical (unpaired) electrons. The van der Waals surface area contributed by atoms with Crippen LogP contribution >= 0.6 is 11.8 Å². The molecule has 24 heavy (non-hydrogen) atoms. The average molecular weight is 340 g/mol. The molecular formula is C17H16N4O2S. The van der Waals surface area contributed by atoms with Crippen LogP contribution in [0.4, 0.5) is 11.4 Å². The standard InChI is InChI=1S/C17H16N4O2S/c1-24-17-19-9-10-20(17)16(12-5-3-2-4-6-12)13-7-8-14(18)15(11-13)21(22)23/h2-11,16H,18H2,1H3. The fraction of sp³-hybridized carbons (Fsp3) is 0.118. The van der Waals surface area contributed by atoms with Gasteiger partial charge in [0.25, 0.3) is 5.69 Å². The van der Waals surface area contributed by atoms with Crippen molar-refractivity contribution in [2.75, 3.05) is 12.0 Å². The summed E-state index contributed by atoms with van der Waals surface area (Å²) in [6.45, 7) is 0. The van der Waals surface area contributed by atoms with Crippen LogP contribution in [0.1, 0.15) is 17.2 Å². The molecule has 2 aromatic carbocycles. The molecule has 0 aliphatic carbocycles. The first-order chi connectivity index (χ1) is 11.6. The second-order valence-electron chi connectivity index (χ2n) is 5.21. The Morgan fingerprint density at radius 1 is 1.21 bits per heavy atom. The summed E-state index contributed by atoms with van der Waals surface area (Å²) in [4.78, 5) is 15.1. The Labute approximate surface area is 143 Å². The van der Waals surface area contributed by atoms with E-state index < -0.39 is 4.92 Å². The molecule has 0 saturated heterocycles. The quantitative estimate of drug-likeness (QED) is 0.331. The van der Waals surface area contributed by atoms with E-state index >= 15 is 0 Å². The fourth-order valence-corrected chi connectivity index (χ4v) is 3.24. The second-order valence-corrected chi connectivity index (χ2v) is 5.98. The summed E-state index contributed by atoms with van der Waals surface area (Å²) in [5.74, 6) is 0. The van der Waals surface area contributed by atoms with Gasteiger partial charge in [-0.1, -0.05) is 48.2 Å². The van der Waals surface area contributed by atoms with E-state index in [1.54, 1.807) is 12.3 Å². The predicted molar refractivity (Wildman–Crippen MR) is 95.2 cm³/mol. The van der Waals surface area contributed by atoms with Crippen molar-refractivity contribution in [2.45, 2.75) is 11.2 Å². The van der Waals surface area contributed by atoms with Gasteiger partial charge >= 0.3 is 0 Å². The fourth-order valence-electron chi connectivity index (χ4n) is 2.69. The van der Waals surface area contributed by atoms with E-state index in [-0.39, 0.29) is 17.4 Å². The Morgan fingerprint density at radius 2 is 1.96 bits per heavy atom. The van der Waals surface area contributed by atoms with E-state index in [9.17, 15) is 10.1 Å². The van der Waals surface area contributed by atoms with Crippen LogP contribution < -0.4 is 5.73 Å². The smallest absolute Gasteiger partial charge is 0.292 e. The summed E-state index contributed by atoms with van der Waals surface area (Å²) in [5.41, 5.74) is 7.62. The highest BCUT2D eigenvalue weighted by atomic mass is 32.2. The number of aromatic nitrogens is 2. The number of imidazole rings is 1. The Morgan fingerprint density at radius 3 is 2.62 bits per heavy atom. The van der Waals surface area contributed by atoms with Crippen LogP contribution in [-0.2, 0) is 0 Å². The highest BCUT2D eigenvalue weighted by Gasteiger charge is 2.22. The Balaban J connectivity index is 2.19. The summed E-state index contributed by atoms with van der Waals surface area (Å²) >= 11 is 1.53. The molecule has 0 aliphatic rings. The maximum atomic E-state index is 11.2. The first-order valence-corrected chi connectivity index (χ1v) is 8.50. The number of nitro benzene ring substituents is 1. The van der Waals surface area contributed by atoms with E-state index in [4.69, 9.17) is 5.73 Å². The van der Waals surface area contributed by atoms with Gasteiger partial charge in [0.05, 0.1) is 11.0 Å². The molecule has 0 aliphatic heterocycles. The predicted octanol–water partition coefficient (Wildman–Crippen LogP) is 3.73. The first-order valence-electron chi connectivity index (χ1n) is 7.27. The SMILES string of the molecule is CSc1nccn1C(c1ccccc1)c1ccc(N)c([N+](=O)[O-])c1. The molecule has 0 fully saturated rings. The largest absolute Gasteiger partial charge is 0.393 e. The molecule has 122 valence electrons. The van der Waals surface area contributed by atoms with Gasteiger partial charge in [0.1, 0.15) is 5.69 Å². The van der Waals surface area contributed by atoms with Crippen LogP contribution in [0, 0.1) is 10.1 Å². The van der Waals surface area contributed by atoms with E-state index in [0.717, 1.165) is 16.3 Å². The maximum Gasteiger partial charge on any atom is 0.292 e. The molecule has 7 heteroatoms. The Kier molecular flexibility index (Phi) is 4.52. The molecular weight excluding hydrogens is 324 g/mol. The van der Waals surface area contributed by atoms with E-state index in [2.05, 4.69) is 4.98 Å². The van der Waals surface area contributed by atoms with Gasteiger partial charge in [0.15, 0.2) is 5.16 Å². The molecule has 1 unspecified atom stereocenters. The molecule has 0 saturated carbocycles. The lowest BCUT2D eigenvalue weighted by Gasteiger charge is -2.21. The van der Waals surface area contributed by atoms with Gasteiger partial charge in [0, 0.05) is 18.5 Å². The van der Waals surface area contributed by atoms with Crippen LogP contribution in [0.15, 0.2) is 66.1 Å².